The fraction of sp³-hybridized carbons (Fsp3) is 0.471. The van der Waals surface area contributed by atoms with Crippen molar-refractivity contribution in [2.75, 3.05) is 6.54 Å². The van der Waals surface area contributed by atoms with Gasteiger partial charge in [-0.1, -0.05) is 19.9 Å². The lowest BCUT2D eigenvalue weighted by molar-refractivity contribution is 0.616. The van der Waals surface area contributed by atoms with Gasteiger partial charge < -0.3 is 9.88 Å². The molecule has 0 unspecified atom stereocenters. The van der Waals surface area contributed by atoms with Crippen LogP contribution in [0.15, 0.2) is 30.6 Å². The summed E-state index contributed by atoms with van der Waals surface area (Å²) in [6.45, 7) is 6.99. The van der Waals surface area contributed by atoms with Gasteiger partial charge in [-0.15, -0.1) is 0 Å². The van der Waals surface area contributed by atoms with Crippen LogP contribution in [0.1, 0.15) is 43.6 Å². The first-order chi connectivity index (χ1) is 10.2. The summed E-state index contributed by atoms with van der Waals surface area (Å²) in [7, 11) is 0. The van der Waals surface area contributed by atoms with E-state index in [1.165, 1.54) is 6.07 Å². The minimum absolute atomic E-state index is 0.183. The van der Waals surface area contributed by atoms with Gasteiger partial charge in [-0.25, -0.2) is 9.37 Å². The van der Waals surface area contributed by atoms with Crippen molar-refractivity contribution in [3.63, 3.8) is 0 Å². The van der Waals surface area contributed by atoms with Crippen LogP contribution in [0.5, 0.6) is 0 Å². The molecule has 1 heterocycles. The molecule has 1 aromatic heterocycles. The van der Waals surface area contributed by atoms with Crippen LogP contribution in [0, 0.1) is 5.82 Å². The molecule has 2 aromatic rings. The van der Waals surface area contributed by atoms with Gasteiger partial charge in [0.2, 0.25) is 0 Å². The van der Waals surface area contributed by atoms with Crippen LogP contribution in [0.2, 0.25) is 0 Å². The number of rotatable bonds is 8. The second-order valence-electron chi connectivity index (χ2n) is 5.30. The predicted octanol–water partition coefficient (Wildman–Crippen LogP) is 3.52. The third kappa shape index (κ3) is 4.39. The van der Waals surface area contributed by atoms with Crippen LogP contribution in [0.4, 0.5) is 4.39 Å². The average Bonchev–Trinajstić information content (AvgIpc) is 2.89. The summed E-state index contributed by atoms with van der Waals surface area (Å²) in [4.78, 5) is 4.42. The van der Waals surface area contributed by atoms with Crippen LogP contribution in [0.25, 0.3) is 0 Å². The third-order valence-electron chi connectivity index (χ3n) is 3.53. The van der Waals surface area contributed by atoms with Crippen molar-refractivity contribution in [1.82, 2.24) is 14.9 Å². The lowest BCUT2D eigenvalue weighted by Gasteiger charge is -2.12. The lowest BCUT2D eigenvalue weighted by Crippen LogP contribution is -2.16. The minimum atomic E-state index is -0.183. The van der Waals surface area contributed by atoms with Crippen molar-refractivity contribution in [3.8, 4) is 0 Å². The predicted molar refractivity (Wildman–Crippen MR) is 83.7 cm³/mol. The lowest BCUT2D eigenvalue weighted by atomic mass is 10.0. The highest BCUT2D eigenvalue weighted by atomic mass is 19.1. The van der Waals surface area contributed by atoms with E-state index in [4.69, 9.17) is 0 Å². The Balaban J connectivity index is 2.17. The molecule has 0 saturated heterocycles. The van der Waals surface area contributed by atoms with Crippen molar-refractivity contribution in [1.29, 1.82) is 0 Å². The smallest absolute Gasteiger partial charge is 0.123 e. The molecule has 3 nitrogen and oxygen atoms in total. The topological polar surface area (TPSA) is 29.9 Å². The summed E-state index contributed by atoms with van der Waals surface area (Å²) in [6, 6.07) is 5.04. The van der Waals surface area contributed by atoms with Crippen LogP contribution >= 0.6 is 0 Å². The van der Waals surface area contributed by atoms with E-state index in [0.717, 1.165) is 49.4 Å². The fourth-order valence-corrected chi connectivity index (χ4v) is 2.45. The Labute approximate surface area is 126 Å². The average molecular weight is 289 g/mol. The molecule has 4 heteroatoms. The number of hydrogen-bond donors (Lipinski definition) is 1. The van der Waals surface area contributed by atoms with E-state index in [1.807, 2.05) is 18.5 Å². The molecule has 114 valence electrons. The highest BCUT2D eigenvalue weighted by molar-refractivity contribution is 5.30. The maximum Gasteiger partial charge on any atom is 0.123 e. The molecule has 0 aliphatic heterocycles. The maximum absolute atomic E-state index is 13.6. The third-order valence-corrected chi connectivity index (χ3v) is 3.53. The highest BCUT2D eigenvalue weighted by Gasteiger charge is 2.09. The van der Waals surface area contributed by atoms with Crippen molar-refractivity contribution in [2.45, 2.75) is 46.2 Å². The molecule has 21 heavy (non-hydrogen) atoms. The van der Waals surface area contributed by atoms with E-state index in [2.05, 4.69) is 28.7 Å². The molecular weight excluding hydrogens is 265 g/mol. The molecule has 2 rings (SSSR count). The van der Waals surface area contributed by atoms with E-state index < -0.39 is 0 Å². The summed E-state index contributed by atoms with van der Waals surface area (Å²) >= 11 is 0. The molecule has 0 amide bonds. The van der Waals surface area contributed by atoms with Gasteiger partial charge in [0.05, 0.1) is 0 Å². The van der Waals surface area contributed by atoms with Crippen molar-refractivity contribution >= 4 is 0 Å². The second kappa shape index (κ2) is 7.93. The zero-order chi connectivity index (χ0) is 15.1. The van der Waals surface area contributed by atoms with Crippen LogP contribution in [-0.4, -0.2) is 16.1 Å². The van der Waals surface area contributed by atoms with Crippen LogP contribution in [-0.2, 0) is 19.5 Å². The number of aryl methyl sites for hydroxylation is 1. The number of hydrogen-bond acceptors (Lipinski definition) is 2. The summed E-state index contributed by atoms with van der Waals surface area (Å²) in [6.07, 6.45) is 6.65. The zero-order valence-electron chi connectivity index (χ0n) is 12.9. The van der Waals surface area contributed by atoms with Gasteiger partial charge in [-0.05, 0) is 42.6 Å². The zero-order valence-corrected chi connectivity index (χ0v) is 12.9. The number of halogens is 1. The first kappa shape index (κ1) is 15.7. The molecule has 0 atom stereocenters. The van der Waals surface area contributed by atoms with Crippen LogP contribution < -0.4 is 5.32 Å². The van der Waals surface area contributed by atoms with Gasteiger partial charge in [0, 0.05) is 31.9 Å². The van der Waals surface area contributed by atoms with Crippen molar-refractivity contribution in [2.24, 2.45) is 0 Å². The Kier molecular flexibility index (Phi) is 5.93. The second-order valence-corrected chi connectivity index (χ2v) is 5.30. The fourth-order valence-electron chi connectivity index (χ4n) is 2.45. The van der Waals surface area contributed by atoms with E-state index in [9.17, 15) is 4.39 Å². The molecular formula is C17H24FN3. The maximum atomic E-state index is 13.6. The Morgan fingerprint density at radius 2 is 2.05 bits per heavy atom. The van der Waals surface area contributed by atoms with Gasteiger partial charge >= 0.3 is 0 Å². The molecule has 0 spiro atoms. The number of benzene rings is 1. The summed E-state index contributed by atoms with van der Waals surface area (Å²) in [5.74, 6) is 0.817. The van der Waals surface area contributed by atoms with Gasteiger partial charge in [0.25, 0.3) is 0 Å². The molecule has 0 aliphatic rings. The van der Waals surface area contributed by atoms with Crippen molar-refractivity contribution in [3.05, 3.63) is 53.4 Å². The Hall–Kier alpha value is -1.68. The summed E-state index contributed by atoms with van der Waals surface area (Å²) in [5.41, 5.74) is 2.16. The number of nitrogens with one attached hydrogen (secondary N) is 1. The molecule has 0 radical (unpaired) electrons. The van der Waals surface area contributed by atoms with E-state index in [-0.39, 0.29) is 5.82 Å². The highest BCUT2D eigenvalue weighted by Crippen LogP contribution is 2.16. The van der Waals surface area contributed by atoms with E-state index in [1.54, 1.807) is 6.07 Å². The Morgan fingerprint density at radius 3 is 2.81 bits per heavy atom. The molecule has 1 aromatic carbocycles. The van der Waals surface area contributed by atoms with Gasteiger partial charge in [-0.2, -0.15) is 0 Å². The van der Waals surface area contributed by atoms with Gasteiger partial charge in [0.15, 0.2) is 0 Å². The monoisotopic (exact) mass is 289 g/mol. The standard InChI is InChI=1S/C17H24FN3/c1-3-7-19-13-14-5-6-16(18)11-15(14)12-17-20-8-10-21(17)9-4-2/h5-6,8,10-11,19H,3-4,7,9,12-13H2,1-2H3. The first-order valence-corrected chi connectivity index (χ1v) is 7.72. The number of nitrogens with zero attached hydrogens (tertiary/aromatic N) is 2. The largest absolute Gasteiger partial charge is 0.335 e. The Bertz CT molecular complexity index is 563. The molecule has 0 fully saturated rings. The van der Waals surface area contributed by atoms with E-state index in [0.29, 0.717) is 6.42 Å². The Morgan fingerprint density at radius 1 is 1.19 bits per heavy atom. The summed E-state index contributed by atoms with van der Waals surface area (Å²) in [5, 5.41) is 3.38. The SMILES string of the molecule is CCCNCc1ccc(F)cc1Cc1nccn1CCC. The molecule has 1 N–H and O–H groups in total. The molecule has 0 saturated carbocycles. The normalized spacial score (nSPS) is 11.0. The van der Waals surface area contributed by atoms with Crippen LogP contribution in [0.3, 0.4) is 0 Å². The van der Waals surface area contributed by atoms with Gasteiger partial charge in [-0.3, -0.25) is 0 Å². The number of imidazole rings is 1. The summed E-state index contributed by atoms with van der Waals surface area (Å²) < 4.78 is 15.7. The quantitative estimate of drug-likeness (QED) is 0.754. The molecule has 0 aliphatic carbocycles. The van der Waals surface area contributed by atoms with E-state index >= 15 is 0 Å². The molecule has 0 bridgehead atoms. The minimum Gasteiger partial charge on any atom is -0.335 e. The number of aromatic nitrogens is 2. The first-order valence-electron chi connectivity index (χ1n) is 7.72. The van der Waals surface area contributed by atoms with Gasteiger partial charge in [0.1, 0.15) is 11.6 Å². The van der Waals surface area contributed by atoms with Crippen molar-refractivity contribution < 1.29 is 4.39 Å².